The average Bonchev–Trinajstić information content (AvgIpc) is 2.77. The molecule has 0 aromatic heterocycles. The number of fused-ring (bicyclic) bond motifs is 1. The third-order valence-corrected chi connectivity index (χ3v) is 6.35. The third kappa shape index (κ3) is 4.77. The zero-order chi connectivity index (χ0) is 23.6. The number of aliphatic imine (C=N–C) groups is 1. The SMILES string of the molecule is CCOc1ccccc1[C@H]1C(C(=O)OCc2ccccc2)=C(C)N=C2CC(C)(C)CC(=O)C21. The Hall–Kier alpha value is -3.21. The number of carbonyl (C=O) groups excluding carboxylic acids is 2. The van der Waals surface area contributed by atoms with Crippen molar-refractivity contribution < 1.29 is 19.1 Å². The van der Waals surface area contributed by atoms with Gasteiger partial charge in [0.25, 0.3) is 0 Å². The van der Waals surface area contributed by atoms with E-state index < -0.39 is 17.8 Å². The number of Topliss-reactive ketones (excluding diaryl/α,β-unsaturated/α-hetero) is 1. The molecule has 1 aliphatic heterocycles. The van der Waals surface area contributed by atoms with Crippen molar-refractivity contribution in [3.63, 3.8) is 0 Å². The molecule has 2 aromatic rings. The van der Waals surface area contributed by atoms with Crippen LogP contribution in [-0.4, -0.2) is 24.1 Å². The van der Waals surface area contributed by atoms with E-state index in [2.05, 4.69) is 13.8 Å². The largest absolute Gasteiger partial charge is 0.494 e. The Kier molecular flexibility index (Phi) is 6.50. The molecule has 2 aliphatic rings. The van der Waals surface area contributed by atoms with E-state index in [-0.39, 0.29) is 17.8 Å². The van der Waals surface area contributed by atoms with Gasteiger partial charge in [-0.3, -0.25) is 9.79 Å². The van der Waals surface area contributed by atoms with Crippen LogP contribution in [0.3, 0.4) is 0 Å². The minimum Gasteiger partial charge on any atom is -0.494 e. The van der Waals surface area contributed by atoms with Gasteiger partial charge in [-0.15, -0.1) is 0 Å². The maximum atomic E-state index is 13.5. The maximum absolute atomic E-state index is 13.5. The molecule has 0 saturated heterocycles. The molecule has 1 saturated carbocycles. The Morgan fingerprint density at radius 3 is 2.45 bits per heavy atom. The summed E-state index contributed by atoms with van der Waals surface area (Å²) in [5, 5.41) is 0. The summed E-state index contributed by atoms with van der Waals surface area (Å²) in [6.07, 6.45) is 1.18. The van der Waals surface area contributed by atoms with Crippen molar-refractivity contribution in [3.05, 3.63) is 77.0 Å². The lowest BCUT2D eigenvalue weighted by atomic mass is 9.63. The summed E-state index contributed by atoms with van der Waals surface area (Å²) in [7, 11) is 0. The average molecular weight is 446 g/mol. The second kappa shape index (κ2) is 9.34. The van der Waals surface area contributed by atoms with Crippen LogP contribution >= 0.6 is 0 Å². The molecule has 2 aromatic carbocycles. The first-order chi connectivity index (χ1) is 15.8. The highest BCUT2D eigenvalue weighted by atomic mass is 16.5. The predicted octanol–water partition coefficient (Wildman–Crippen LogP) is 5.65. The Bertz CT molecular complexity index is 1110. The summed E-state index contributed by atoms with van der Waals surface area (Å²) in [6, 6.07) is 17.2. The number of hydrogen-bond acceptors (Lipinski definition) is 5. The van der Waals surface area contributed by atoms with E-state index in [0.29, 0.717) is 30.0 Å². The maximum Gasteiger partial charge on any atom is 0.336 e. The molecule has 0 spiro atoms. The van der Waals surface area contributed by atoms with Crippen LogP contribution in [0.5, 0.6) is 5.75 Å². The van der Waals surface area contributed by atoms with Crippen LogP contribution in [0, 0.1) is 11.3 Å². The molecule has 33 heavy (non-hydrogen) atoms. The van der Waals surface area contributed by atoms with Crippen molar-refractivity contribution in [2.24, 2.45) is 16.3 Å². The van der Waals surface area contributed by atoms with E-state index in [0.717, 1.165) is 23.3 Å². The highest BCUT2D eigenvalue weighted by Crippen LogP contribution is 2.48. The number of esters is 1. The molecular weight excluding hydrogens is 414 g/mol. The number of nitrogens with zero attached hydrogens (tertiary/aromatic N) is 1. The smallest absolute Gasteiger partial charge is 0.336 e. The Balaban J connectivity index is 1.78. The number of hydrogen-bond donors (Lipinski definition) is 0. The molecular formula is C28H31NO4. The van der Waals surface area contributed by atoms with Crippen molar-refractivity contribution in [2.45, 2.75) is 53.1 Å². The fourth-order valence-corrected chi connectivity index (χ4v) is 5.02. The topological polar surface area (TPSA) is 65.0 Å². The number of allylic oxidation sites excluding steroid dienone is 1. The molecule has 1 heterocycles. The first kappa shape index (κ1) is 23.0. The molecule has 5 nitrogen and oxygen atoms in total. The standard InChI is InChI=1S/C28H31NO4/c1-5-32-23-14-10-9-13-20(23)25-24(27(31)33-17-19-11-7-6-8-12-19)18(2)29-21-15-28(3,4)16-22(30)26(21)25/h6-14,25-26H,5,15-17H2,1-4H3/t25-,26?/m0/s1. The molecule has 1 aliphatic carbocycles. The van der Waals surface area contributed by atoms with Crippen LogP contribution in [0.2, 0.25) is 0 Å². The van der Waals surface area contributed by atoms with Gasteiger partial charge < -0.3 is 9.47 Å². The van der Waals surface area contributed by atoms with E-state index >= 15 is 0 Å². The summed E-state index contributed by atoms with van der Waals surface area (Å²) in [5.41, 5.74) is 3.49. The molecule has 0 N–H and O–H groups in total. The van der Waals surface area contributed by atoms with Crippen LogP contribution in [-0.2, 0) is 20.9 Å². The normalized spacial score (nSPS) is 21.8. The second-order valence-electron chi connectivity index (χ2n) is 9.57. The first-order valence-corrected chi connectivity index (χ1v) is 11.5. The van der Waals surface area contributed by atoms with Gasteiger partial charge >= 0.3 is 5.97 Å². The summed E-state index contributed by atoms with van der Waals surface area (Å²) in [6.45, 7) is 8.61. The van der Waals surface area contributed by atoms with E-state index in [9.17, 15) is 9.59 Å². The van der Waals surface area contributed by atoms with Crippen LogP contribution in [0.4, 0.5) is 0 Å². The summed E-state index contributed by atoms with van der Waals surface area (Å²) in [4.78, 5) is 31.7. The summed E-state index contributed by atoms with van der Waals surface area (Å²) < 4.78 is 11.6. The van der Waals surface area contributed by atoms with Crippen molar-refractivity contribution >= 4 is 17.5 Å². The number of carbonyl (C=O) groups is 2. The number of ketones is 1. The molecule has 1 fully saturated rings. The number of benzene rings is 2. The van der Waals surface area contributed by atoms with E-state index in [1.54, 1.807) is 0 Å². The Morgan fingerprint density at radius 2 is 1.73 bits per heavy atom. The number of rotatable bonds is 6. The lowest BCUT2D eigenvalue weighted by molar-refractivity contribution is -0.140. The minimum absolute atomic E-state index is 0.113. The predicted molar refractivity (Wildman–Crippen MR) is 128 cm³/mol. The van der Waals surface area contributed by atoms with Gasteiger partial charge in [0.2, 0.25) is 0 Å². The highest BCUT2D eigenvalue weighted by Gasteiger charge is 2.48. The number of ether oxygens (including phenoxy) is 2. The van der Waals surface area contributed by atoms with Crippen LogP contribution in [0.1, 0.15) is 57.6 Å². The van der Waals surface area contributed by atoms with Gasteiger partial charge in [0.05, 0.1) is 18.1 Å². The van der Waals surface area contributed by atoms with E-state index in [1.165, 1.54) is 0 Å². The van der Waals surface area contributed by atoms with Gasteiger partial charge in [-0.2, -0.15) is 0 Å². The lowest BCUT2D eigenvalue weighted by Gasteiger charge is -2.41. The van der Waals surface area contributed by atoms with Crippen molar-refractivity contribution in [2.75, 3.05) is 6.61 Å². The number of para-hydroxylation sites is 1. The zero-order valence-corrected chi connectivity index (χ0v) is 19.8. The van der Waals surface area contributed by atoms with Gasteiger partial charge in [0, 0.05) is 29.3 Å². The summed E-state index contributed by atoms with van der Waals surface area (Å²) >= 11 is 0. The molecule has 4 rings (SSSR count). The van der Waals surface area contributed by atoms with Gasteiger partial charge in [0.15, 0.2) is 0 Å². The molecule has 0 amide bonds. The molecule has 0 radical (unpaired) electrons. The van der Waals surface area contributed by atoms with Crippen LogP contribution in [0.25, 0.3) is 0 Å². The molecule has 172 valence electrons. The van der Waals surface area contributed by atoms with Crippen molar-refractivity contribution in [1.29, 1.82) is 0 Å². The van der Waals surface area contributed by atoms with Crippen LogP contribution in [0.15, 0.2) is 70.9 Å². The van der Waals surface area contributed by atoms with Crippen molar-refractivity contribution in [3.8, 4) is 5.75 Å². The van der Waals surface area contributed by atoms with Crippen LogP contribution < -0.4 is 4.74 Å². The van der Waals surface area contributed by atoms with Gasteiger partial charge in [-0.05, 0) is 37.3 Å². The Labute approximate surface area is 195 Å². The molecule has 2 atom stereocenters. The fraction of sp³-hybridized carbons (Fsp3) is 0.393. The van der Waals surface area contributed by atoms with E-state index in [4.69, 9.17) is 14.5 Å². The van der Waals surface area contributed by atoms with E-state index in [1.807, 2.05) is 68.4 Å². The van der Waals surface area contributed by atoms with Gasteiger partial charge in [0.1, 0.15) is 18.1 Å². The Morgan fingerprint density at radius 1 is 1.03 bits per heavy atom. The third-order valence-electron chi connectivity index (χ3n) is 6.35. The molecule has 5 heteroatoms. The quantitative estimate of drug-likeness (QED) is 0.539. The molecule has 1 unspecified atom stereocenters. The fourth-order valence-electron chi connectivity index (χ4n) is 5.02. The summed E-state index contributed by atoms with van der Waals surface area (Å²) in [5.74, 6) is -0.602. The van der Waals surface area contributed by atoms with Gasteiger partial charge in [-0.25, -0.2) is 4.79 Å². The minimum atomic E-state index is -0.484. The highest BCUT2D eigenvalue weighted by molar-refractivity contribution is 6.12. The monoisotopic (exact) mass is 445 g/mol. The molecule has 0 bridgehead atoms. The lowest BCUT2D eigenvalue weighted by Crippen LogP contribution is -2.44. The van der Waals surface area contributed by atoms with Gasteiger partial charge in [-0.1, -0.05) is 62.4 Å². The second-order valence-corrected chi connectivity index (χ2v) is 9.57. The first-order valence-electron chi connectivity index (χ1n) is 11.5. The zero-order valence-electron chi connectivity index (χ0n) is 19.8. The van der Waals surface area contributed by atoms with Crippen molar-refractivity contribution in [1.82, 2.24) is 0 Å².